The maximum Gasteiger partial charge on any atom is 0.265 e. The summed E-state index contributed by atoms with van der Waals surface area (Å²) < 4.78 is 39.2. The van der Waals surface area contributed by atoms with Crippen LogP contribution in [-0.4, -0.2) is 15.5 Å². The predicted molar refractivity (Wildman–Crippen MR) is 78.9 cm³/mol. The summed E-state index contributed by atoms with van der Waals surface area (Å²) in [6.07, 6.45) is 0. The van der Waals surface area contributed by atoms with Crippen molar-refractivity contribution in [1.82, 2.24) is 0 Å². The lowest BCUT2D eigenvalue weighted by molar-refractivity contribution is 0.594. The molecule has 0 atom stereocenters. The van der Waals surface area contributed by atoms with E-state index in [2.05, 4.69) is 0 Å². The van der Waals surface area contributed by atoms with Crippen molar-refractivity contribution in [3.8, 4) is 0 Å². The molecule has 0 aliphatic carbocycles. The first-order valence-electron chi connectivity index (χ1n) is 5.90. The number of hydrogen-bond acceptors (Lipinski definition) is 4. The fourth-order valence-corrected chi connectivity index (χ4v) is 4.50. The lowest BCUT2D eigenvalue weighted by atomic mass is 10.3. The first kappa shape index (κ1) is 15.0. The molecule has 2 N–H and O–H groups in total. The number of hydrogen-bond donors (Lipinski definition) is 1. The molecule has 0 saturated carbocycles. The summed E-state index contributed by atoms with van der Waals surface area (Å²) in [6.45, 7) is 2.05. The Morgan fingerprint density at radius 2 is 1.90 bits per heavy atom. The zero-order valence-corrected chi connectivity index (χ0v) is 12.8. The van der Waals surface area contributed by atoms with Crippen LogP contribution in [0.2, 0.25) is 0 Å². The van der Waals surface area contributed by atoms with Crippen LogP contribution < -0.4 is 10.0 Å². The van der Waals surface area contributed by atoms with Crippen LogP contribution in [0, 0.1) is 12.7 Å². The maximum atomic E-state index is 12.9. The third-order valence-corrected chi connectivity index (χ3v) is 6.07. The highest BCUT2D eigenvalue weighted by molar-refractivity contribution is 7.93. The number of benzene rings is 1. The van der Waals surface area contributed by atoms with Crippen LogP contribution in [0.5, 0.6) is 0 Å². The molecular formula is C13H15FN2O2S2. The second kappa shape index (κ2) is 5.51. The van der Waals surface area contributed by atoms with Crippen LogP contribution in [0.3, 0.4) is 0 Å². The normalized spacial score (nSPS) is 11.6. The fraction of sp³-hybridized carbons (Fsp3) is 0.231. The molecule has 1 aromatic heterocycles. The molecule has 0 spiro atoms. The first-order valence-corrected chi connectivity index (χ1v) is 8.16. The van der Waals surface area contributed by atoms with Gasteiger partial charge in [0.15, 0.2) is 0 Å². The first-order chi connectivity index (χ1) is 9.36. The number of nitrogens with zero attached hydrogens (tertiary/aromatic N) is 1. The lowest BCUT2D eigenvalue weighted by Crippen LogP contribution is -2.26. The monoisotopic (exact) mass is 314 g/mol. The second-order valence-corrected chi connectivity index (χ2v) is 7.56. The van der Waals surface area contributed by atoms with Crippen LogP contribution in [0.15, 0.2) is 35.2 Å². The van der Waals surface area contributed by atoms with Gasteiger partial charge in [-0.25, -0.2) is 12.8 Å². The Labute approximate surface area is 121 Å². The summed E-state index contributed by atoms with van der Waals surface area (Å²) >= 11 is 1.37. The number of sulfonamides is 1. The molecule has 1 aromatic carbocycles. The van der Waals surface area contributed by atoms with Crippen molar-refractivity contribution in [2.45, 2.75) is 18.4 Å². The highest BCUT2D eigenvalue weighted by Crippen LogP contribution is 2.29. The molecule has 0 unspecified atom stereocenters. The molecule has 1 heterocycles. The number of halogens is 1. The van der Waals surface area contributed by atoms with E-state index >= 15 is 0 Å². The predicted octanol–water partition coefficient (Wildman–Crippen LogP) is 2.48. The van der Waals surface area contributed by atoms with E-state index in [0.29, 0.717) is 17.1 Å². The Bertz CT molecular complexity index is 708. The van der Waals surface area contributed by atoms with Gasteiger partial charge in [-0.1, -0.05) is 0 Å². The average Bonchev–Trinajstić information content (AvgIpc) is 2.81. The third kappa shape index (κ3) is 2.70. The number of rotatable bonds is 4. The van der Waals surface area contributed by atoms with E-state index in [1.165, 1.54) is 42.6 Å². The molecule has 2 rings (SSSR count). The Balaban J connectivity index is 2.43. The van der Waals surface area contributed by atoms with Crippen molar-refractivity contribution < 1.29 is 12.8 Å². The van der Waals surface area contributed by atoms with Crippen LogP contribution in [0.4, 0.5) is 10.1 Å². The molecule has 7 heteroatoms. The van der Waals surface area contributed by atoms with E-state index < -0.39 is 15.8 Å². The zero-order chi connectivity index (χ0) is 14.9. The second-order valence-electron chi connectivity index (χ2n) is 4.29. The summed E-state index contributed by atoms with van der Waals surface area (Å²) in [5.74, 6) is -0.406. The molecule has 4 nitrogen and oxygen atoms in total. The van der Waals surface area contributed by atoms with Gasteiger partial charge in [-0.2, -0.15) is 0 Å². The Kier molecular flexibility index (Phi) is 4.12. The molecule has 0 amide bonds. The van der Waals surface area contributed by atoms with Crippen LogP contribution in [-0.2, 0) is 16.6 Å². The van der Waals surface area contributed by atoms with E-state index in [9.17, 15) is 12.8 Å². The van der Waals surface area contributed by atoms with Gasteiger partial charge in [-0.05, 0) is 37.3 Å². The molecule has 20 heavy (non-hydrogen) atoms. The van der Waals surface area contributed by atoms with Crippen molar-refractivity contribution in [3.63, 3.8) is 0 Å². The lowest BCUT2D eigenvalue weighted by Gasteiger charge is -2.19. The van der Waals surface area contributed by atoms with Crippen molar-refractivity contribution >= 4 is 27.0 Å². The summed E-state index contributed by atoms with van der Waals surface area (Å²) in [6, 6.07) is 6.91. The highest BCUT2D eigenvalue weighted by atomic mass is 32.2. The van der Waals surface area contributed by atoms with Gasteiger partial charge in [-0.15, -0.1) is 11.3 Å². The number of nitrogens with two attached hydrogens (primary N) is 1. The molecule has 0 saturated heterocycles. The summed E-state index contributed by atoms with van der Waals surface area (Å²) in [5.41, 5.74) is 5.95. The van der Waals surface area contributed by atoms with E-state index in [1.807, 2.05) is 0 Å². The maximum absolute atomic E-state index is 12.9. The topological polar surface area (TPSA) is 63.4 Å². The van der Waals surface area contributed by atoms with Crippen LogP contribution in [0.1, 0.15) is 9.75 Å². The molecule has 0 aliphatic heterocycles. The molecule has 0 bridgehead atoms. The minimum absolute atomic E-state index is 0.245. The minimum Gasteiger partial charge on any atom is -0.326 e. The van der Waals surface area contributed by atoms with Gasteiger partial charge in [0, 0.05) is 23.3 Å². The van der Waals surface area contributed by atoms with Crippen molar-refractivity contribution in [2.75, 3.05) is 11.4 Å². The van der Waals surface area contributed by atoms with Crippen molar-refractivity contribution in [1.29, 1.82) is 0 Å². The standard InChI is InChI=1S/C13H15FN2O2S2/c1-9-13(7-12(8-15)19-9)20(17,18)16(2)11-5-3-10(14)4-6-11/h3-7H,8,15H2,1-2H3. The molecule has 2 aromatic rings. The van der Waals surface area contributed by atoms with E-state index in [1.54, 1.807) is 13.0 Å². The van der Waals surface area contributed by atoms with Gasteiger partial charge >= 0.3 is 0 Å². The van der Waals surface area contributed by atoms with Gasteiger partial charge in [0.25, 0.3) is 10.0 Å². The summed E-state index contributed by atoms with van der Waals surface area (Å²) in [4.78, 5) is 1.75. The van der Waals surface area contributed by atoms with Gasteiger partial charge < -0.3 is 5.73 Å². The summed E-state index contributed by atoms with van der Waals surface area (Å²) in [7, 11) is -2.21. The highest BCUT2D eigenvalue weighted by Gasteiger charge is 2.25. The number of thiophene rings is 1. The number of anilines is 1. The third-order valence-electron chi connectivity index (χ3n) is 2.95. The smallest absolute Gasteiger partial charge is 0.265 e. The Hall–Kier alpha value is -1.44. The van der Waals surface area contributed by atoms with Crippen molar-refractivity contribution in [2.24, 2.45) is 5.73 Å². The summed E-state index contributed by atoms with van der Waals surface area (Å²) in [5, 5.41) is 0. The van der Waals surface area contributed by atoms with E-state index in [0.717, 1.165) is 9.18 Å². The molecule has 0 fully saturated rings. The average molecular weight is 314 g/mol. The SMILES string of the molecule is Cc1sc(CN)cc1S(=O)(=O)N(C)c1ccc(F)cc1. The number of aryl methyl sites for hydroxylation is 1. The van der Waals surface area contributed by atoms with Crippen LogP contribution >= 0.6 is 11.3 Å². The Morgan fingerprint density at radius 3 is 2.40 bits per heavy atom. The van der Waals surface area contributed by atoms with Gasteiger partial charge in [-0.3, -0.25) is 4.31 Å². The largest absolute Gasteiger partial charge is 0.326 e. The van der Waals surface area contributed by atoms with E-state index in [4.69, 9.17) is 5.73 Å². The molecular weight excluding hydrogens is 299 g/mol. The quantitative estimate of drug-likeness (QED) is 0.943. The van der Waals surface area contributed by atoms with E-state index in [-0.39, 0.29) is 4.90 Å². The van der Waals surface area contributed by atoms with Gasteiger partial charge in [0.05, 0.1) is 5.69 Å². The minimum atomic E-state index is -3.66. The molecule has 0 radical (unpaired) electrons. The van der Waals surface area contributed by atoms with Crippen molar-refractivity contribution in [3.05, 3.63) is 45.9 Å². The molecule has 108 valence electrons. The Morgan fingerprint density at radius 1 is 1.30 bits per heavy atom. The fourth-order valence-electron chi connectivity index (χ4n) is 1.82. The van der Waals surface area contributed by atoms with Gasteiger partial charge in [0.1, 0.15) is 10.7 Å². The van der Waals surface area contributed by atoms with Crippen LogP contribution in [0.25, 0.3) is 0 Å². The molecule has 0 aliphatic rings. The zero-order valence-electron chi connectivity index (χ0n) is 11.1. The van der Waals surface area contributed by atoms with Gasteiger partial charge in [0.2, 0.25) is 0 Å².